The van der Waals surface area contributed by atoms with Crippen LogP contribution in [0.25, 0.3) is 122 Å². The maximum atomic E-state index is 5.53. The van der Waals surface area contributed by atoms with Crippen LogP contribution in [0.3, 0.4) is 0 Å². The fourth-order valence-electron chi connectivity index (χ4n) is 10.2. The first kappa shape index (κ1) is 36.9. The van der Waals surface area contributed by atoms with Crippen molar-refractivity contribution in [3.8, 4) is 50.7 Å². The minimum Gasteiger partial charge on any atom is -0.309 e. The molecule has 0 N–H and O–H groups in total. The Morgan fingerprint density at radius 1 is 0.292 bits per heavy atom. The van der Waals surface area contributed by atoms with Gasteiger partial charge < -0.3 is 13.7 Å². The number of hydrogen-bond donors (Lipinski definition) is 0. The van der Waals surface area contributed by atoms with Crippen LogP contribution < -0.4 is 0 Å². The third-order valence-electron chi connectivity index (χ3n) is 13.2. The van der Waals surface area contributed by atoms with Crippen molar-refractivity contribution >= 4 is 71.5 Å². The first-order valence-corrected chi connectivity index (χ1v) is 22.2. The largest absolute Gasteiger partial charge is 0.309 e. The summed E-state index contributed by atoms with van der Waals surface area (Å²) in [5.41, 5.74) is 17.5. The number of benzene rings is 9. The molecule has 0 aliphatic rings. The van der Waals surface area contributed by atoms with Crippen molar-refractivity contribution < 1.29 is 0 Å². The highest BCUT2D eigenvalue weighted by molar-refractivity contribution is 6.11. The van der Waals surface area contributed by atoms with E-state index in [4.69, 9.17) is 4.98 Å². The van der Waals surface area contributed by atoms with Gasteiger partial charge in [0.2, 0.25) is 0 Å². The van der Waals surface area contributed by atoms with Crippen molar-refractivity contribution in [2.45, 2.75) is 0 Å². The molecule has 0 radical (unpaired) electrons. The van der Waals surface area contributed by atoms with E-state index in [2.05, 4.69) is 245 Å². The van der Waals surface area contributed by atoms with E-state index in [1.54, 1.807) is 0 Å². The number of para-hydroxylation sites is 5. The van der Waals surface area contributed by atoms with E-state index in [0.29, 0.717) is 0 Å². The molecular formula is C61H40N4. The molecule has 13 rings (SSSR count). The summed E-state index contributed by atoms with van der Waals surface area (Å²) < 4.78 is 7.14. The zero-order chi connectivity index (χ0) is 43.0. The lowest BCUT2D eigenvalue weighted by atomic mass is 9.99. The summed E-state index contributed by atoms with van der Waals surface area (Å²) in [6.45, 7) is 4.05. The number of hydrogen-bond acceptors (Lipinski definition) is 1. The lowest BCUT2D eigenvalue weighted by Crippen LogP contribution is -1.97. The summed E-state index contributed by atoms with van der Waals surface area (Å²) in [7, 11) is 0. The molecule has 4 nitrogen and oxygen atoms in total. The summed E-state index contributed by atoms with van der Waals surface area (Å²) in [4.78, 5) is 5.53. The lowest BCUT2D eigenvalue weighted by molar-refractivity contribution is 1.17. The molecule has 304 valence electrons. The highest BCUT2D eigenvalue weighted by atomic mass is 15.0. The highest BCUT2D eigenvalue weighted by Gasteiger charge is 2.18. The van der Waals surface area contributed by atoms with Crippen molar-refractivity contribution in [3.05, 3.63) is 237 Å². The van der Waals surface area contributed by atoms with Crippen LogP contribution in [0.1, 0.15) is 5.56 Å². The van der Waals surface area contributed by atoms with Crippen LogP contribution in [0, 0.1) is 0 Å². The molecule has 0 fully saturated rings. The molecule has 4 aromatic heterocycles. The quantitative estimate of drug-likeness (QED) is 0.157. The summed E-state index contributed by atoms with van der Waals surface area (Å²) in [6, 6.07) is 81.1. The van der Waals surface area contributed by atoms with Crippen molar-refractivity contribution in [1.29, 1.82) is 0 Å². The van der Waals surface area contributed by atoms with Gasteiger partial charge in [0.1, 0.15) is 0 Å². The normalized spacial score (nSPS) is 11.8. The van der Waals surface area contributed by atoms with Gasteiger partial charge in [-0.05, 0) is 108 Å². The Hall–Kier alpha value is -8.73. The standard InChI is InChI=1S/C61H40N4/c1-2-40-32-33-61-53(34-40)52-26-7-12-31-60(52)65(61)45-19-13-16-41(35-45)44-38-54(42-17-14-20-46(36-42)63-56-27-8-3-22-48(56)49-23-4-9-28-57(49)63)62-55(39-44)43-18-15-21-47(37-43)64-58-29-10-5-24-50(58)51-25-6-11-30-59(51)64/h2-39H,1H2. The fourth-order valence-corrected chi connectivity index (χ4v) is 10.2. The zero-order valence-corrected chi connectivity index (χ0v) is 35.4. The number of aromatic nitrogens is 4. The molecule has 9 aromatic carbocycles. The van der Waals surface area contributed by atoms with E-state index < -0.39 is 0 Å². The molecule has 0 aliphatic carbocycles. The van der Waals surface area contributed by atoms with E-state index in [1.807, 2.05) is 6.08 Å². The predicted octanol–water partition coefficient (Wildman–Crippen LogP) is 16.0. The van der Waals surface area contributed by atoms with Crippen molar-refractivity contribution in [2.75, 3.05) is 0 Å². The van der Waals surface area contributed by atoms with Gasteiger partial charge >= 0.3 is 0 Å². The van der Waals surface area contributed by atoms with E-state index in [1.165, 1.54) is 59.9 Å². The highest BCUT2D eigenvalue weighted by Crippen LogP contribution is 2.39. The van der Waals surface area contributed by atoms with Crippen LogP contribution >= 0.6 is 0 Å². The molecule has 0 aliphatic heterocycles. The van der Waals surface area contributed by atoms with Gasteiger partial charge in [0, 0.05) is 60.5 Å². The maximum absolute atomic E-state index is 5.53. The molecule has 13 aromatic rings. The van der Waals surface area contributed by atoms with E-state index in [9.17, 15) is 0 Å². The molecule has 0 spiro atoms. The zero-order valence-electron chi connectivity index (χ0n) is 35.4. The van der Waals surface area contributed by atoms with Crippen LogP contribution in [0.15, 0.2) is 231 Å². The Morgan fingerprint density at radius 2 is 0.646 bits per heavy atom. The van der Waals surface area contributed by atoms with Gasteiger partial charge in [0.05, 0.1) is 44.5 Å². The second-order valence-corrected chi connectivity index (χ2v) is 16.8. The SMILES string of the molecule is C=Cc1ccc2c(c1)c1ccccc1n2-c1cccc(-c2cc(-c3cccc(-n4c5ccccc5c5ccccc54)c3)nc(-c3cccc(-n4c5ccccc5c5ccccc54)c3)c2)c1. The Balaban J connectivity index is 1.01. The smallest absolute Gasteiger partial charge is 0.0716 e. The van der Waals surface area contributed by atoms with Crippen LogP contribution in [0.2, 0.25) is 0 Å². The van der Waals surface area contributed by atoms with Crippen LogP contribution in [0.5, 0.6) is 0 Å². The first-order valence-electron chi connectivity index (χ1n) is 22.2. The molecular weight excluding hydrogens is 789 g/mol. The van der Waals surface area contributed by atoms with Gasteiger partial charge in [-0.15, -0.1) is 0 Å². The summed E-state index contributed by atoms with van der Waals surface area (Å²) in [5.74, 6) is 0. The predicted molar refractivity (Wildman–Crippen MR) is 274 cm³/mol. The summed E-state index contributed by atoms with van der Waals surface area (Å²) in [6.07, 6.45) is 1.92. The van der Waals surface area contributed by atoms with Crippen molar-refractivity contribution in [1.82, 2.24) is 18.7 Å². The summed E-state index contributed by atoms with van der Waals surface area (Å²) in [5, 5.41) is 7.39. The maximum Gasteiger partial charge on any atom is 0.0716 e. The van der Waals surface area contributed by atoms with Crippen molar-refractivity contribution in [3.63, 3.8) is 0 Å². The molecule has 0 amide bonds. The van der Waals surface area contributed by atoms with Crippen LogP contribution in [-0.4, -0.2) is 18.7 Å². The van der Waals surface area contributed by atoms with E-state index in [-0.39, 0.29) is 0 Å². The molecule has 4 heteroatoms. The van der Waals surface area contributed by atoms with Gasteiger partial charge in [-0.2, -0.15) is 0 Å². The molecule has 0 saturated heterocycles. The van der Waals surface area contributed by atoms with Crippen LogP contribution in [-0.2, 0) is 0 Å². The number of fused-ring (bicyclic) bond motifs is 9. The third kappa shape index (κ3) is 5.88. The Kier molecular flexibility index (Phi) is 8.33. The second kappa shape index (κ2) is 14.7. The molecule has 0 bridgehead atoms. The van der Waals surface area contributed by atoms with Gasteiger partial charge in [-0.1, -0.05) is 146 Å². The first-order chi connectivity index (χ1) is 32.2. The lowest BCUT2D eigenvalue weighted by Gasteiger charge is -2.15. The second-order valence-electron chi connectivity index (χ2n) is 16.8. The van der Waals surface area contributed by atoms with Gasteiger partial charge in [-0.3, -0.25) is 0 Å². The number of rotatable bonds is 7. The molecule has 4 heterocycles. The van der Waals surface area contributed by atoms with Gasteiger partial charge in [0.15, 0.2) is 0 Å². The molecule has 0 unspecified atom stereocenters. The number of nitrogens with zero attached hydrogens (tertiary/aromatic N) is 4. The topological polar surface area (TPSA) is 27.7 Å². The van der Waals surface area contributed by atoms with E-state index in [0.717, 1.165) is 61.8 Å². The Morgan fingerprint density at radius 3 is 1.06 bits per heavy atom. The molecule has 65 heavy (non-hydrogen) atoms. The van der Waals surface area contributed by atoms with Crippen molar-refractivity contribution in [2.24, 2.45) is 0 Å². The van der Waals surface area contributed by atoms with Crippen LogP contribution in [0.4, 0.5) is 0 Å². The third-order valence-corrected chi connectivity index (χ3v) is 13.2. The minimum absolute atomic E-state index is 0.904. The fraction of sp³-hybridized carbons (Fsp3) is 0. The average molecular weight is 829 g/mol. The van der Waals surface area contributed by atoms with E-state index >= 15 is 0 Å². The van der Waals surface area contributed by atoms with Gasteiger partial charge in [-0.25, -0.2) is 4.98 Å². The number of pyridine rings is 1. The molecule has 0 saturated carbocycles. The summed E-state index contributed by atoms with van der Waals surface area (Å²) >= 11 is 0. The minimum atomic E-state index is 0.904. The molecule has 0 atom stereocenters. The van der Waals surface area contributed by atoms with Gasteiger partial charge in [0.25, 0.3) is 0 Å². The average Bonchev–Trinajstić information content (AvgIpc) is 4.02. The Bertz CT molecular complexity index is 3760. The monoisotopic (exact) mass is 828 g/mol. The Labute approximate surface area is 375 Å².